The zero-order valence-corrected chi connectivity index (χ0v) is 15.3. The van der Waals surface area contributed by atoms with Gasteiger partial charge in [0.15, 0.2) is 0 Å². The summed E-state index contributed by atoms with van der Waals surface area (Å²) >= 11 is 0. The van der Waals surface area contributed by atoms with Crippen LogP contribution < -0.4 is 10.2 Å². The number of nitrogens with one attached hydrogen (secondary N) is 1. The number of hydrogen-bond acceptors (Lipinski definition) is 4. The van der Waals surface area contributed by atoms with E-state index in [2.05, 4.69) is 22.4 Å². The average molecular weight is 356 g/mol. The molecule has 2 aromatic carbocycles. The van der Waals surface area contributed by atoms with Gasteiger partial charge in [-0.1, -0.05) is 24.3 Å². The Bertz CT molecular complexity index is 1010. The topological polar surface area (TPSA) is 69.0 Å². The van der Waals surface area contributed by atoms with E-state index in [0.29, 0.717) is 22.6 Å². The van der Waals surface area contributed by atoms with Crippen molar-refractivity contribution in [3.63, 3.8) is 0 Å². The lowest BCUT2D eigenvalue weighted by Crippen LogP contribution is -2.19. The predicted molar refractivity (Wildman–Crippen MR) is 107 cm³/mol. The molecule has 0 aliphatic rings. The first kappa shape index (κ1) is 18.2. The fraction of sp³-hybridized carbons (Fsp3) is 0.136. The highest BCUT2D eigenvalue weighted by Crippen LogP contribution is 2.25. The Morgan fingerprint density at radius 1 is 1.15 bits per heavy atom. The number of benzene rings is 2. The minimum atomic E-state index is -0.276. The lowest BCUT2D eigenvalue weighted by molar-refractivity contribution is 0.102. The first-order valence-electron chi connectivity index (χ1n) is 8.73. The van der Waals surface area contributed by atoms with Crippen molar-refractivity contribution in [1.29, 1.82) is 5.26 Å². The van der Waals surface area contributed by atoms with Gasteiger partial charge in [-0.3, -0.25) is 4.79 Å². The SMILES string of the molecule is CCN(c1cccc(C)c1)c1cc(C(=O)Nc2ccccc2C#N)ccn1. The largest absolute Gasteiger partial charge is 0.327 e. The molecule has 0 bridgehead atoms. The maximum absolute atomic E-state index is 12.7. The molecular formula is C22H20N4O. The molecule has 1 amide bonds. The van der Waals surface area contributed by atoms with Gasteiger partial charge in [0.25, 0.3) is 5.91 Å². The zero-order chi connectivity index (χ0) is 19.2. The molecule has 5 heteroatoms. The summed E-state index contributed by atoms with van der Waals surface area (Å²) in [6.45, 7) is 4.81. The summed E-state index contributed by atoms with van der Waals surface area (Å²) in [7, 11) is 0. The number of rotatable bonds is 5. The van der Waals surface area contributed by atoms with Gasteiger partial charge in [-0.05, 0) is 55.8 Å². The van der Waals surface area contributed by atoms with Crippen molar-refractivity contribution in [2.75, 3.05) is 16.8 Å². The molecule has 0 saturated heterocycles. The van der Waals surface area contributed by atoms with Gasteiger partial charge in [0.2, 0.25) is 0 Å². The number of aromatic nitrogens is 1. The van der Waals surface area contributed by atoms with Crippen LogP contribution in [-0.4, -0.2) is 17.4 Å². The number of pyridine rings is 1. The third-order valence-corrected chi connectivity index (χ3v) is 4.21. The second-order valence-corrected chi connectivity index (χ2v) is 6.10. The number of carbonyl (C=O) groups is 1. The minimum Gasteiger partial charge on any atom is -0.327 e. The van der Waals surface area contributed by atoms with Gasteiger partial charge in [-0.25, -0.2) is 4.98 Å². The molecule has 5 nitrogen and oxygen atoms in total. The van der Waals surface area contributed by atoms with E-state index in [0.717, 1.165) is 17.8 Å². The lowest BCUT2D eigenvalue weighted by Gasteiger charge is -2.23. The number of amides is 1. The number of para-hydroxylation sites is 1. The van der Waals surface area contributed by atoms with Crippen LogP contribution in [0.1, 0.15) is 28.4 Å². The Morgan fingerprint density at radius 3 is 2.70 bits per heavy atom. The molecule has 0 spiro atoms. The van der Waals surface area contributed by atoms with Gasteiger partial charge in [0, 0.05) is 24.0 Å². The van der Waals surface area contributed by atoms with E-state index in [9.17, 15) is 10.1 Å². The van der Waals surface area contributed by atoms with E-state index in [1.165, 1.54) is 0 Å². The normalized spacial score (nSPS) is 10.1. The number of aryl methyl sites for hydroxylation is 1. The third kappa shape index (κ3) is 4.13. The van der Waals surface area contributed by atoms with E-state index in [4.69, 9.17) is 0 Å². The van der Waals surface area contributed by atoms with Crippen molar-refractivity contribution in [2.24, 2.45) is 0 Å². The van der Waals surface area contributed by atoms with E-state index in [-0.39, 0.29) is 5.91 Å². The maximum Gasteiger partial charge on any atom is 0.255 e. The van der Waals surface area contributed by atoms with Gasteiger partial charge in [-0.15, -0.1) is 0 Å². The fourth-order valence-electron chi connectivity index (χ4n) is 2.86. The molecule has 0 aliphatic carbocycles. The van der Waals surface area contributed by atoms with Crippen LogP contribution in [0.3, 0.4) is 0 Å². The Hall–Kier alpha value is -3.65. The van der Waals surface area contributed by atoms with Crippen molar-refractivity contribution in [3.05, 3.63) is 83.6 Å². The van der Waals surface area contributed by atoms with Gasteiger partial charge in [-0.2, -0.15) is 5.26 Å². The van der Waals surface area contributed by atoms with Crippen LogP contribution >= 0.6 is 0 Å². The standard InChI is InChI=1S/C22H20N4O/c1-3-26(19-9-6-7-16(2)13-19)21-14-17(11-12-24-21)22(27)25-20-10-5-4-8-18(20)15-23/h4-14H,3H2,1-2H3,(H,25,27). The van der Waals surface area contributed by atoms with Crippen LogP contribution in [0.4, 0.5) is 17.2 Å². The second-order valence-electron chi connectivity index (χ2n) is 6.10. The van der Waals surface area contributed by atoms with Crippen molar-refractivity contribution in [3.8, 4) is 6.07 Å². The number of hydrogen-bond donors (Lipinski definition) is 1. The van der Waals surface area contributed by atoms with Gasteiger partial charge in [0.05, 0.1) is 11.3 Å². The van der Waals surface area contributed by atoms with Crippen LogP contribution in [0.5, 0.6) is 0 Å². The molecule has 134 valence electrons. The monoisotopic (exact) mass is 356 g/mol. The van der Waals surface area contributed by atoms with Crippen molar-refractivity contribution >= 4 is 23.1 Å². The van der Waals surface area contributed by atoms with Crippen LogP contribution in [0.2, 0.25) is 0 Å². The minimum absolute atomic E-state index is 0.276. The van der Waals surface area contributed by atoms with Crippen molar-refractivity contribution in [1.82, 2.24) is 4.98 Å². The van der Waals surface area contributed by atoms with Crippen LogP contribution in [0.15, 0.2) is 66.9 Å². The molecule has 0 radical (unpaired) electrons. The van der Waals surface area contributed by atoms with E-state index < -0.39 is 0 Å². The number of carbonyl (C=O) groups excluding carboxylic acids is 1. The Labute approximate surface area is 158 Å². The molecular weight excluding hydrogens is 336 g/mol. The molecule has 0 fully saturated rings. The number of nitrogens with zero attached hydrogens (tertiary/aromatic N) is 3. The molecule has 0 atom stereocenters. The first-order valence-corrected chi connectivity index (χ1v) is 8.73. The molecule has 3 aromatic rings. The van der Waals surface area contributed by atoms with E-state index in [1.54, 1.807) is 42.6 Å². The fourth-order valence-corrected chi connectivity index (χ4v) is 2.86. The molecule has 3 rings (SSSR count). The summed E-state index contributed by atoms with van der Waals surface area (Å²) in [6.07, 6.45) is 1.62. The summed E-state index contributed by atoms with van der Waals surface area (Å²) < 4.78 is 0. The average Bonchev–Trinajstić information content (AvgIpc) is 2.69. The summed E-state index contributed by atoms with van der Waals surface area (Å²) in [5.41, 5.74) is 3.59. The zero-order valence-electron chi connectivity index (χ0n) is 15.3. The smallest absolute Gasteiger partial charge is 0.255 e. The highest BCUT2D eigenvalue weighted by atomic mass is 16.1. The van der Waals surface area contributed by atoms with Crippen LogP contribution in [0, 0.1) is 18.3 Å². The van der Waals surface area contributed by atoms with Crippen molar-refractivity contribution in [2.45, 2.75) is 13.8 Å². The molecule has 27 heavy (non-hydrogen) atoms. The van der Waals surface area contributed by atoms with Gasteiger partial charge < -0.3 is 10.2 Å². The Kier molecular flexibility index (Phi) is 5.48. The lowest BCUT2D eigenvalue weighted by atomic mass is 10.1. The Balaban J connectivity index is 1.88. The number of anilines is 3. The summed E-state index contributed by atoms with van der Waals surface area (Å²) in [6, 6.07) is 20.6. The second kappa shape index (κ2) is 8.15. The number of nitriles is 1. The molecule has 0 aliphatic heterocycles. The van der Waals surface area contributed by atoms with Gasteiger partial charge in [0.1, 0.15) is 11.9 Å². The van der Waals surface area contributed by atoms with Crippen LogP contribution in [-0.2, 0) is 0 Å². The molecule has 1 aromatic heterocycles. The molecule has 0 saturated carbocycles. The summed E-state index contributed by atoms with van der Waals surface area (Å²) in [4.78, 5) is 19.2. The quantitative estimate of drug-likeness (QED) is 0.721. The van der Waals surface area contributed by atoms with Gasteiger partial charge >= 0.3 is 0 Å². The third-order valence-electron chi connectivity index (χ3n) is 4.21. The highest BCUT2D eigenvalue weighted by Gasteiger charge is 2.13. The maximum atomic E-state index is 12.7. The Morgan fingerprint density at radius 2 is 1.96 bits per heavy atom. The molecule has 1 N–H and O–H groups in total. The van der Waals surface area contributed by atoms with E-state index in [1.807, 2.05) is 36.9 Å². The van der Waals surface area contributed by atoms with Crippen molar-refractivity contribution < 1.29 is 4.79 Å². The molecule has 0 unspecified atom stereocenters. The summed E-state index contributed by atoms with van der Waals surface area (Å²) in [5.74, 6) is 0.422. The van der Waals surface area contributed by atoms with E-state index >= 15 is 0 Å². The first-order chi connectivity index (χ1) is 13.1. The highest BCUT2D eigenvalue weighted by molar-refractivity contribution is 6.05. The predicted octanol–water partition coefficient (Wildman–Crippen LogP) is 4.67. The van der Waals surface area contributed by atoms with Crippen LogP contribution in [0.25, 0.3) is 0 Å². The summed E-state index contributed by atoms with van der Waals surface area (Å²) in [5, 5.41) is 12.0. The molecule has 1 heterocycles.